The number of ether oxygens (including phenoxy) is 1. The number of nitrogens with zero attached hydrogens (tertiary/aromatic N) is 1. The highest BCUT2D eigenvalue weighted by Crippen LogP contribution is 2.22. The third-order valence-electron chi connectivity index (χ3n) is 3.81. The molecule has 0 aliphatic rings. The monoisotopic (exact) mass is 380 g/mol. The number of esters is 1. The Morgan fingerprint density at radius 3 is 2.67 bits per heavy atom. The molecule has 138 valence electrons. The van der Waals surface area contributed by atoms with E-state index >= 15 is 0 Å². The molecular weight excluding hydrogens is 360 g/mol. The Morgan fingerprint density at radius 1 is 1.15 bits per heavy atom. The Labute approximate surface area is 161 Å². The maximum Gasteiger partial charge on any atom is 0.338 e. The zero-order chi connectivity index (χ0) is 19.1. The van der Waals surface area contributed by atoms with Gasteiger partial charge in [-0.2, -0.15) is 0 Å². The summed E-state index contributed by atoms with van der Waals surface area (Å²) in [5.74, 6) is -0.607. The average Bonchev–Trinajstić information content (AvgIpc) is 3.10. The Morgan fingerprint density at radius 2 is 1.93 bits per heavy atom. The van der Waals surface area contributed by atoms with Crippen LogP contribution in [0.25, 0.3) is 16.3 Å². The minimum Gasteiger partial charge on any atom is -0.462 e. The standard InChI is InChI=1S/C21H20N2O3S/c1-2-3-14-26-21(25)15-8-10-16(11-9-15)22-19(24)12-13-20-23-17-6-4-5-7-18(17)27-20/h4-13H,2-3,14H2,1H3,(H,22,24)/b13-12+. The van der Waals surface area contributed by atoms with Crippen LogP contribution in [0.2, 0.25) is 0 Å². The molecule has 0 radical (unpaired) electrons. The van der Waals surface area contributed by atoms with Crippen LogP contribution < -0.4 is 5.32 Å². The number of amides is 1. The zero-order valence-corrected chi connectivity index (χ0v) is 15.8. The van der Waals surface area contributed by atoms with Gasteiger partial charge in [0.05, 0.1) is 22.4 Å². The van der Waals surface area contributed by atoms with Gasteiger partial charge in [-0.3, -0.25) is 4.79 Å². The number of hydrogen-bond donors (Lipinski definition) is 1. The van der Waals surface area contributed by atoms with Crippen LogP contribution in [0.4, 0.5) is 5.69 Å². The molecule has 3 rings (SSSR count). The number of rotatable bonds is 7. The molecule has 0 bridgehead atoms. The van der Waals surface area contributed by atoms with Crippen LogP contribution in [-0.4, -0.2) is 23.5 Å². The molecule has 27 heavy (non-hydrogen) atoms. The highest BCUT2D eigenvalue weighted by atomic mass is 32.1. The molecule has 0 atom stereocenters. The first kappa shape index (κ1) is 18.8. The number of thiazole rings is 1. The highest BCUT2D eigenvalue weighted by molar-refractivity contribution is 7.19. The number of hydrogen-bond acceptors (Lipinski definition) is 5. The molecule has 0 aliphatic carbocycles. The van der Waals surface area contributed by atoms with Gasteiger partial charge in [-0.1, -0.05) is 25.5 Å². The Kier molecular flexibility index (Phi) is 6.33. The van der Waals surface area contributed by atoms with E-state index in [1.807, 2.05) is 31.2 Å². The largest absolute Gasteiger partial charge is 0.462 e. The van der Waals surface area contributed by atoms with Crippen molar-refractivity contribution < 1.29 is 14.3 Å². The first-order valence-electron chi connectivity index (χ1n) is 8.77. The van der Waals surface area contributed by atoms with Crippen LogP contribution in [0.3, 0.4) is 0 Å². The molecule has 0 spiro atoms. The molecule has 0 unspecified atom stereocenters. The molecule has 5 nitrogen and oxygen atoms in total. The number of fused-ring (bicyclic) bond motifs is 1. The predicted molar refractivity (Wildman–Crippen MR) is 109 cm³/mol. The van der Waals surface area contributed by atoms with Crippen molar-refractivity contribution in [2.45, 2.75) is 19.8 Å². The van der Waals surface area contributed by atoms with Crippen LogP contribution in [0.15, 0.2) is 54.6 Å². The van der Waals surface area contributed by atoms with Crippen molar-refractivity contribution in [3.63, 3.8) is 0 Å². The van der Waals surface area contributed by atoms with E-state index in [0.29, 0.717) is 17.9 Å². The van der Waals surface area contributed by atoms with E-state index in [-0.39, 0.29) is 11.9 Å². The molecule has 0 saturated heterocycles. The molecule has 1 heterocycles. The van der Waals surface area contributed by atoms with Crippen LogP contribution in [0.5, 0.6) is 0 Å². The molecular formula is C21H20N2O3S. The van der Waals surface area contributed by atoms with Gasteiger partial charge >= 0.3 is 5.97 Å². The lowest BCUT2D eigenvalue weighted by Crippen LogP contribution is -2.09. The summed E-state index contributed by atoms with van der Waals surface area (Å²) in [6, 6.07) is 14.5. The summed E-state index contributed by atoms with van der Waals surface area (Å²) in [5, 5.41) is 3.54. The van der Waals surface area contributed by atoms with E-state index in [9.17, 15) is 9.59 Å². The summed E-state index contributed by atoms with van der Waals surface area (Å²) in [4.78, 5) is 28.4. The first-order chi connectivity index (χ1) is 13.2. The first-order valence-corrected chi connectivity index (χ1v) is 9.59. The summed E-state index contributed by atoms with van der Waals surface area (Å²) in [5.41, 5.74) is 2.00. The number of carbonyl (C=O) groups is 2. The Bertz CT molecular complexity index is 928. The van der Waals surface area contributed by atoms with Gasteiger partial charge in [0.25, 0.3) is 0 Å². The lowest BCUT2D eigenvalue weighted by Gasteiger charge is -2.05. The summed E-state index contributed by atoms with van der Waals surface area (Å²) in [6.45, 7) is 2.46. The number of benzene rings is 2. The molecule has 1 N–H and O–H groups in total. The molecule has 1 aromatic heterocycles. The number of unbranched alkanes of at least 4 members (excludes halogenated alkanes) is 1. The van der Waals surface area contributed by atoms with E-state index in [1.165, 1.54) is 17.4 Å². The van der Waals surface area contributed by atoms with Gasteiger partial charge in [0.2, 0.25) is 5.91 Å². The quantitative estimate of drug-likeness (QED) is 0.359. The third-order valence-corrected chi connectivity index (χ3v) is 4.81. The Hall–Kier alpha value is -2.99. The van der Waals surface area contributed by atoms with Crippen LogP contribution in [0.1, 0.15) is 35.1 Å². The maximum absolute atomic E-state index is 12.1. The van der Waals surface area contributed by atoms with E-state index in [0.717, 1.165) is 28.1 Å². The summed E-state index contributed by atoms with van der Waals surface area (Å²) < 4.78 is 6.24. The van der Waals surface area contributed by atoms with E-state index in [4.69, 9.17) is 4.74 Å². The van der Waals surface area contributed by atoms with Gasteiger partial charge in [0.1, 0.15) is 5.01 Å². The van der Waals surface area contributed by atoms with Crippen molar-refractivity contribution in [3.05, 3.63) is 65.2 Å². The second-order valence-electron chi connectivity index (χ2n) is 5.91. The SMILES string of the molecule is CCCCOC(=O)c1ccc(NC(=O)/C=C/c2nc3ccccc3s2)cc1. The molecule has 1 amide bonds. The number of nitrogens with one attached hydrogen (secondary N) is 1. The molecule has 0 saturated carbocycles. The maximum atomic E-state index is 12.1. The van der Waals surface area contributed by atoms with Crippen molar-refractivity contribution in [2.75, 3.05) is 11.9 Å². The van der Waals surface area contributed by atoms with Crippen LogP contribution in [0, 0.1) is 0 Å². The lowest BCUT2D eigenvalue weighted by atomic mass is 10.2. The van der Waals surface area contributed by atoms with Gasteiger partial charge in [0.15, 0.2) is 0 Å². The average molecular weight is 380 g/mol. The van der Waals surface area contributed by atoms with Crippen LogP contribution >= 0.6 is 11.3 Å². The smallest absolute Gasteiger partial charge is 0.338 e. The topological polar surface area (TPSA) is 68.3 Å². The molecule has 0 aliphatic heterocycles. The number of anilines is 1. The third kappa shape index (κ3) is 5.24. The fourth-order valence-electron chi connectivity index (χ4n) is 2.37. The van der Waals surface area contributed by atoms with Crippen molar-refractivity contribution in [3.8, 4) is 0 Å². The van der Waals surface area contributed by atoms with Crippen molar-refractivity contribution in [1.82, 2.24) is 4.98 Å². The Balaban J connectivity index is 1.56. The minimum atomic E-state index is -0.350. The fraction of sp³-hybridized carbons (Fsp3) is 0.190. The normalized spacial score (nSPS) is 11.0. The second-order valence-corrected chi connectivity index (χ2v) is 6.97. The lowest BCUT2D eigenvalue weighted by molar-refractivity contribution is -0.111. The van der Waals surface area contributed by atoms with Gasteiger partial charge in [-0.25, -0.2) is 9.78 Å². The number of carbonyl (C=O) groups excluding carboxylic acids is 2. The highest BCUT2D eigenvalue weighted by Gasteiger charge is 2.07. The second kappa shape index (κ2) is 9.09. The summed E-state index contributed by atoms with van der Waals surface area (Å²) in [6.07, 6.45) is 4.97. The van der Waals surface area contributed by atoms with Crippen molar-refractivity contribution in [1.29, 1.82) is 0 Å². The van der Waals surface area contributed by atoms with E-state index < -0.39 is 0 Å². The molecule has 2 aromatic carbocycles. The van der Waals surface area contributed by atoms with Crippen molar-refractivity contribution in [2.24, 2.45) is 0 Å². The van der Waals surface area contributed by atoms with Gasteiger partial charge in [0, 0.05) is 11.8 Å². The van der Waals surface area contributed by atoms with Gasteiger partial charge in [-0.15, -0.1) is 11.3 Å². The van der Waals surface area contributed by atoms with Gasteiger partial charge in [-0.05, 0) is 48.9 Å². The van der Waals surface area contributed by atoms with Crippen LogP contribution in [-0.2, 0) is 9.53 Å². The van der Waals surface area contributed by atoms with E-state index in [1.54, 1.807) is 30.3 Å². The summed E-state index contributed by atoms with van der Waals surface area (Å²) in [7, 11) is 0. The van der Waals surface area contributed by atoms with Crippen molar-refractivity contribution >= 4 is 45.2 Å². The predicted octanol–water partition coefficient (Wildman–Crippen LogP) is 4.91. The fourth-order valence-corrected chi connectivity index (χ4v) is 3.24. The number of aromatic nitrogens is 1. The minimum absolute atomic E-state index is 0.257. The number of para-hydroxylation sites is 1. The zero-order valence-electron chi connectivity index (χ0n) is 15.0. The molecule has 6 heteroatoms. The molecule has 0 fully saturated rings. The van der Waals surface area contributed by atoms with E-state index in [2.05, 4.69) is 10.3 Å². The van der Waals surface area contributed by atoms with Gasteiger partial charge < -0.3 is 10.1 Å². The molecule has 3 aromatic rings. The summed E-state index contributed by atoms with van der Waals surface area (Å²) >= 11 is 1.53.